The van der Waals surface area contributed by atoms with Crippen LogP contribution in [0.3, 0.4) is 0 Å². The molecule has 0 heterocycles. The lowest BCUT2D eigenvalue weighted by atomic mass is 10.1. The second-order valence-corrected chi connectivity index (χ2v) is 6.02. The predicted molar refractivity (Wildman–Crippen MR) is 103 cm³/mol. The molecule has 0 radical (unpaired) electrons. The van der Waals surface area contributed by atoms with Crippen LogP contribution in [0.15, 0.2) is 78.9 Å². The number of anilines is 1. The van der Waals surface area contributed by atoms with Gasteiger partial charge in [-0.3, -0.25) is 9.59 Å². The topological polar surface area (TPSA) is 58.2 Å². The van der Waals surface area contributed by atoms with Crippen molar-refractivity contribution in [2.24, 2.45) is 0 Å². The van der Waals surface area contributed by atoms with Crippen LogP contribution in [0, 0.1) is 6.92 Å². The normalized spacial score (nSPS) is 10.2. The number of carbonyl (C=O) groups is 2. The van der Waals surface area contributed by atoms with Crippen LogP contribution in [-0.4, -0.2) is 11.8 Å². The Labute approximate surface area is 152 Å². The molecule has 0 aliphatic heterocycles. The van der Waals surface area contributed by atoms with E-state index in [2.05, 4.69) is 10.6 Å². The number of carbonyl (C=O) groups excluding carboxylic acids is 2. The predicted octanol–water partition coefficient (Wildman–Crippen LogP) is 4.18. The van der Waals surface area contributed by atoms with Gasteiger partial charge in [-0.25, -0.2) is 0 Å². The Morgan fingerprint density at radius 3 is 2.31 bits per heavy atom. The molecule has 0 bridgehead atoms. The Morgan fingerprint density at radius 2 is 1.54 bits per heavy atom. The highest BCUT2D eigenvalue weighted by molar-refractivity contribution is 6.04. The summed E-state index contributed by atoms with van der Waals surface area (Å²) in [5.41, 5.74) is 3.76. The van der Waals surface area contributed by atoms with Gasteiger partial charge in [0, 0.05) is 23.4 Å². The van der Waals surface area contributed by atoms with E-state index in [1.165, 1.54) is 0 Å². The first kappa shape index (κ1) is 17.4. The minimum absolute atomic E-state index is 0.123. The van der Waals surface area contributed by atoms with Gasteiger partial charge in [-0.1, -0.05) is 48.5 Å². The largest absolute Gasteiger partial charge is 0.348 e. The molecule has 0 unspecified atom stereocenters. The van der Waals surface area contributed by atoms with Crippen LogP contribution in [0.1, 0.15) is 31.8 Å². The number of amides is 2. The van der Waals surface area contributed by atoms with E-state index in [1.54, 1.807) is 18.2 Å². The SMILES string of the molecule is Cc1ccccc1C(=O)NCc1cccc(C(=O)Nc2ccccc2)c1. The van der Waals surface area contributed by atoms with E-state index >= 15 is 0 Å². The summed E-state index contributed by atoms with van der Waals surface area (Å²) in [6, 6.07) is 24.0. The van der Waals surface area contributed by atoms with Crippen molar-refractivity contribution in [3.63, 3.8) is 0 Å². The molecule has 4 heteroatoms. The zero-order valence-corrected chi connectivity index (χ0v) is 14.5. The summed E-state index contributed by atoms with van der Waals surface area (Å²) in [6.45, 7) is 2.27. The second-order valence-electron chi connectivity index (χ2n) is 6.02. The van der Waals surface area contributed by atoms with Gasteiger partial charge >= 0.3 is 0 Å². The van der Waals surface area contributed by atoms with Crippen LogP contribution in [0.5, 0.6) is 0 Å². The van der Waals surface area contributed by atoms with Crippen molar-refractivity contribution < 1.29 is 9.59 Å². The lowest BCUT2D eigenvalue weighted by molar-refractivity contribution is 0.0950. The molecule has 2 N–H and O–H groups in total. The van der Waals surface area contributed by atoms with Gasteiger partial charge in [0.25, 0.3) is 11.8 Å². The first-order valence-corrected chi connectivity index (χ1v) is 8.42. The summed E-state index contributed by atoms with van der Waals surface area (Å²) in [4.78, 5) is 24.7. The van der Waals surface area contributed by atoms with Crippen molar-refractivity contribution >= 4 is 17.5 Å². The minimum Gasteiger partial charge on any atom is -0.348 e. The Morgan fingerprint density at radius 1 is 0.808 bits per heavy atom. The molecule has 3 aromatic carbocycles. The number of aryl methyl sites for hydroxylation is 1. The fourth-order valence-electron chi connectivity index (χ4n) is 2.65. The monoisotopic (exact) mass is 344 g/mol. The van der Waals surface area contributed by atoms with Crippen LogP contribution in [0.25, 0.3) is 0 Å². The zero-order chi connectivity index (χ0) is 18.4. The van der Waals surface area contributed by atoms with Gasteiger partial charge in [0.05, 0.1) is 0 Å². The number of para-hydroxylation sites is 1. The highest BCUT2D eigenvalue weighted by atomic mass is 16.2. The Bertz CT molecular complexity index is 920. The molecule has 3 aromatic rings. The molecular formula is C22H20N2O2. The van der Waals surface area contributed by atoms with Crippen molar-refractivity contribution in [3.05, 3.63) is 101 Å². The molecule has 0 saturated heterocycles. The second kappa shape index (κ2) is 8.12. The lowest BCUT2D eigenvalue weighted by Crippen LogP contribution is -2.23. The quantitative estimate of drug-likeness (QED) is 0.729. The molecule has 0 saturated carbocycles. The van der Waals surface area contributed by atoms with Crippen molar-refractivity contribution in [2.45, 2.75) is 13.5 Å². The maximum absolute atomic E-state index is 12.4. The molecule has 3 rings (SSSR count). The number of nitrogens with one attached hydrogen (secondary N) is 2. The standard InChI is InChI=1S/C22H20N2O2/c1-16-8-5-6-13-20(16)22(26)23-15-17-9-7-10-18(14-17)21(25)24-19-11-3-2-4-12-19/h2-14H,15H2,1H3,(H,23,26)(H,24,25). The zero-order valence-electron chi connectivity index (χ0n) is 14.5. The molecule has 0 aromatic heterocycles. The van der Waals surface area contributed by atoms with Crippen molar-refractivity contribution in [2.75, 3.05) is 5.32 Å². The summed E-state index contributed by atoms with van der Waals surface area (Å²) in [6.07, 6.45) is 0. The van der Waals surface area contributed by atoms with Crippen molar-refractivity contribution in [3.8, 4) is 0 Å². The number of rotatable bonds is 5. The van der Waals surface area contributed by atoms with E-state index in [4.69, 9.17) is 0 Å². The molecule has 0 aliphatic carbocycles. The van der Waals surface area contributed by atoms with Gasteiger partial charge in [0.2, 0.25) is 0 Å². The van der Waals surface area contributed by atoms with Crippen molar-refractivity contribution in [1.82, 2.24) is 5.32 Å². The average molecular weight is 344 g/mol. The van der Waals surface area contributed by atoms with Gasteiger partial charge in [-0.2, -0.15) is 0 Å². The van der Waals surface area contributed by atoms with Crippen molar-refractivity contribution in [1.29, 1.82) is 0 Å². The molecule has 2 amide bonds. The first-order valence-electron chi connectivity index (χ1n) is 8.42. The third-order valence-electron chi connectivity index (χ3n) is 4.06. The third kappa shape index (κ3) is 4.36. The summed E-state index contributed by atoms with van der Waals surface area (Å²) in [7, 11) is 0. The molecular weight excluding hydrogens is 324 g/mol. The smallest absolute Gasteiger partial charge is 0.255 e. The fourth-order valence-corrected chi connectivity index (χ4v) is 2.65. The Hall–Kier alpha value is -3.40. The van der Waals surface area contributed by atoms with Crippen LogP contribution in [0.2, 0.25) is 0 Å². The van der Waals surface area contributed by atoms with Crippen LogP contribution in [0.4, 0.5) is 5.69 Å². The maximum Gasteiger partial charge on any atom is 0.255 e. The van der Waals surface area contributed by atoms with Gasteiger partial charge < -0.3 is 10.6 Å². The highest BCUT2D eigenvalue weighted by Crippen LogP contribution is 2.11. The highest BCUT2D eigenvalue weighted by Gasteiger charge is 2.09. The van der Waals surface area contributed by atoms with Crippen LogP contribution < -0.4 is 10.6 Å². The van der Waals surface area contributed by atoms with E-state index < -0.39 is 0 Å². The number of hydrogen-bond acceptors (Lipinski definition) is 2. The fraction of sp³-hybridized carbons (Fsp3) is 0.0909. The molecule has 4 nitrogen and oxygen atoms in total. The van der Waals surface area contributed by atoms with Gasteiger partial charge in [0.1, 0.15) is 0 Å². The average Bonchev–Trinajstić information content (AvgIpc) is 2.67. The van der Waals surface area contributed by atoms with Gasteiger partial charge in [0.15, 0.2) is 0 Å². The van der Waals surface area contributed by atoms with Gasteiger partial charge in [-0.05, 0) is 48.4 Å². The van der Waals surface area contributed by atoms with Crippen LogP contribution >= 0.6 is 0 Å². The van der Waals surface area contributed by atoms with E-state index in [0.29, 0.717) is 17.7 Å². The minimum atomic E-state index is -0.178. The van der Waals surface area contributed by atoms with Crippen LogP contribution in [-0.2, 0) is 6.54 Å². The van der Waals surface area contributed by atoms with E-state index in [9.17, 15) is 9.59 Å². The molecule has 0 spiro atoms. The number of benzene rings is 3. The van der Waals surface area contributed by atoms with Gasteiger partial charge in [-0.15, -0.1) is 0 Å². The Kier molecular flexibility index (Phi) is 5.44. The first-order chi connectivity index (χ1) is 12.6. The summed E-state index contributed by atoms with van der Waals surface area (Å²) < 4.78 is 0. The molecule has 0 atom stereocenters. The molecule has 0 fully saturated rings. The lowest BCUT2D eigenvalue weighted by Gasteiger charge is -2.09. The third-order valence-corrected chi connectivity index (χ3v) is 4.06. The van der Waals surface area contributed by atoms with E-state index in [1.807, 2.05) is 67.6 Å². The summed E-state index contributed by atoms with van der Waals surface area (Å²) in [5.74, 6) is -0.300. The molecule has 26 heavy (non-hydrogen) atoms. The summed E-state index contributed by atoms with van der Waals surface area (Å²) in [5, 5.41) is 5.76. The molecule has 0 aliphatic rings. The Balaban J connectivity index is 1.65. The summed E-state index contributed by atoms with van der Waals surface area (Å²) >= 11 is 0. The maximum atomic E-state index is 12.4. The van der Waals surface area contributed by atoms with E-state index in [0.717, 1.165) is 16.8 Å². The molecule has 130 valence electrons. The van der Waals surface area contributed by atoms with E-state index in [-0.39, 0.29) is 11.8 Å². The number of hydrogen-bond donors (Lipinski definition) is 2.